The lowest BCUT2D eigenvalue weighted by molar-refractivity contribution is 0.436. The molecule has 3 rings (SSSR count). The quantitative estimate of drug-likeness (QED) is 0.843. The summed E-state index contributed by atoms with van der Waals surface area (Å²) in [5.74, 6) is 0.640. The zero-order valence-electron chi connectivity index (χ0n) is 13.1. The van der Waals surface area contributed by atoms with E-state index >= 15 is 0 Å². The molecular formula is C19H24NOP. The van der Waals surface area contributed by atoms with E-state index in [-0.39, 0.29) is 0 Å². The molecule has 1 N–H and O–H groups in total. The summed E-state index contributed by atoms with van der Waals surface area (Å²) >= 11 is 0. The van der Waals surface area contributed by atoms with E-state index in [9.17, 15) is 4.57 Å². The Morgan fingerprint density at radius 1 is 0.955 bits per heavy atom. The fourth-order valence-electron chi connectivity index (χ4n) is 3.50. The Kier molecular flexibility index (Phi) is 4.81. The summed E-state index contributed by atoms with van der Waals surface area (Å²) in [6.07, 6.45) is 4.76. The molecule has 2 aromatic rings. The topological polar surface area (TPSA) is 29.1 Å². The van der Waals surface area contributed by atoms with Gasteiger partial charge in [-0.1, -0.05) is 56.2 Å². The predicted octanol–water partition coefficient (Wildman–Crippen LogP) is 4.08. The number of rotatable bonds is 5. The predicted molar refractivity (Wildman–Crippen MR) is 94.3 cm³/mol. The van der Waals surface area contributed by atoms with E-state index in [2.05, 4.69) is 12.0 Å². The van der Waals surface area contributed by atoms with Gasteiger partial charge in [-0.05, 0) is 43.0 Å². The number of benzene rings is 2. The lowest BCUT2D eigenvalue weighted by atomic mass is 10.0. The summed E-state index contributed by atoms with van der Waals surface area (Å²) in [7, 11) is -2.77. The summed E-state index contributed by atoms with van der Waals surface area (Å²) in [6.45, 7) is 2.24. The third kappa shape index (κ3) is 3.04. The van der Waals surface area contributed by atoms with Crippen LogP contribution in [0.1, 0.15) is 32.6 Å². The first-order valence-electron chi connectivity index (χ1n) is 8.23. The first kappa shape index (κ1) is 15.5. The fraction of sp³-hybridized carbons (Fsp3) is 0.368. The molecule has 1 aliphatic carbocycles. The normalized spacial score (nSPS) is 21.9. The molecule has 0 aromatic heterocycles. The van der Waals surface area contributed by atoms with Gasteiger partial charge in [0.15, 0.2) is 0 Å². The van der Waals surface area contributed by atoms with Crippen molar-refractivity contribution >= 4 is 17.9 Å². The van der Waals surface area contributed by atoms with Gasteiger partial charge in [0.05, 0.1) is 0 Å². The highest BCUT2D eigenvalue weighted by Gasteiger charge is 2.34. The molecule has 1 saturated carbocycles. The molecule has 2 atom stereocenters. The maximum atomic E-state index is 13.9. The van der Waals surface area contributed by atoms with Gasteiger partial charge in [-0.3, -0.25) is 9.65 Å². The van der Waals surface area contributed by atoms with E-state index in [0.29, 0.717) is 12.0 Å². The Bertz CT molecular complexity index is 597. The van der Waals surface area contributed by atoms with Gasteiger partial charge in [0, 0.05) is 16.7 Å². The van der Waals surface area contributed by atoms with Gasteiger partial charge in [-0.2, -0.15) is 0 Å². The molecule has 2 aromatic carbocycles. The molecule has 2 nitrogen and oxygen atoms in total. The van der Waals surface area contributed by atoms with E-state index in [1.807, 2.05) is 60.7 Å². The van der Waals surface area contributed by atoms with Crippen molar-refractivity contribution in [3.63, 3.8) is 0 Å². The van der Waals surface area contributed by atoms with Crippen LogP contribution in [-0.2, 0) is 4.57 Å². The highest BCUT2D eigenvalue weighted by molar-refractivity contribution is 7.76. The van der Waals surface area contributed by atoms with Gasteiger partial charge >= 0.3 is 0 Å². The van der Waals surface area contributed by atoms with Gasteiger partial charge < -0.3 is 0 Å². The van der Waals surface area contributed by atoms with Crippen LogP contribution < -0.4 is 15.7 Å². The Morgan fingerprint density at radius 3 is 2.00 bits per heavy atom. The first-order valence-corrected chi connectivity index (χ1v) is 9.94. The van der Waals surface area contributed by atoms with E-state index in [4.69, 9.17) is 0 Å². The fourth-order valence-corrected chi connectivity index (χ4v) is 6.09. The Labute approximate surface area is 133 Å². The molecule has 0 saturated heterocycles. The van der Waals surface area contributed by atoms with Crippen molar-refractivity contribution in [2.45, 2.75) is 38.6 Å². The average Bonchev–Trinajstić information content (AvgIpc) is 3.03. The maximum Gasteiger partial charge on any atom is 0.204 e. The van der Waals surface area contributed by atoms with Crippen LogP contribution in [0, 0.1) is 5.92 Å². The molecule has 0 bridgehead atoms. The van der Waals surface area contributed by atoms with Crippen molar-refractivity contribution in [1.82, 2.24) is 5.09 Å². The monoisotopic (exact) mass is 313 g/mol. The van der Waals surface area contributed by atoms with Gasteiger partial charge in [0.2, 0.25) is 7.29 Å². The van der Waals surface area contributed by atoms with Crippen molar-refractivity contribution in [2.24, 2.45) is 5.92 Å². The van der Waals surface area contributed by atoms with Gasteiger partial charge in [-0.25, -0.2) is 0 Å². The van der Waals surface area contributed by atoms with E-state index in [1.54, 1.807) is 0 Å². The molecule has 0 amide bonds. The molecule has 22 heavy (non-hydrogen) atoms. The van der Waals surface area contributed by atoms with Crippen molar-refractivity contribution in [1.29, 1.82) is 0 Å². The van der Waals surface area contributed by atoms with Crippen LogP contribution in [0.15, 0.2) is 60.7 Å². The van der Waals surface area contributed by atoms with Crippen molar-refractivity contribution in [2.75, 3.05) is 0 Å². The molecule has 0 heterocycles. The van der Waals surface area contributed by atoms with E-state index in [0.717, 1.165) is 23.5 Å². The standard InChI is InChI=1S/C19H24NOP/c1-2-16-10-9-15-19(16)20-22(21,17-11-5-3-6-12-17)18-13-7-4-8-14-18/h3-8,11-14,16,19H,2,9-10,15H2,1H3,(H,20,21)/t16-,19-/m1/s1. The average molecular weight is 313 g/mol. The Hall–Kier alpha value is -1.37. The molecule has 3 heteroatoms. The second-order valence-corrected chi connectivity index (χ2v) is 8.62. The van der Waals surface area contributed by atoms with Crippen molar-refractivity contribution in [3.8, 4) is 0 Å². The third-order valence-electron chi connectivity index (χ3n) is 4.77. The lowest BCUT2D eigenvalue weighted by Crippen LogP contribution is -2.37. The van der Waals surface area contributed by atoms with Crippen LogP contribution in [0.4, 0.5) is 0 Å². The van der Waals surface area contributed by atoms with Gasteiger partial charge in [0.1, 0.15) is 0 Å². The van der Waals surface area contributed by atoms with Crippen LogP contribution in [0.25, 0.3) is 0 Å². The highest BCUT2D eigenvalue weighted by Crippen LogP contribution is 2.43. The first-order chi connectivity index (χ1) is 10.7. The van der Waals surface area contributed by atoms with Crippen molar-refractivity contribution < 1.29 is 4.57 Å². The zero-order valence-corrected chi connectivity index (χ0v) is 14.0. The van der Waals surface area contributed by atoms with Crippen LogP contribution in [0.2, 0.25) is 0 Å². The SMILES string of the molecule is CC[C@@H]1CCC[C@H]1NP(=O)(c1ccccc1)c1ccccc1. The van der Waals surface area contributed by atoms with Crippen molar-refractivity contribution in [3.05, 3.63) is 60.7 Å². The smallest absolute Gasteiger partial charge is 0.204 e. The lowest BCUT2D eigenvalue weighted by Gasteiger charge is -2.27. The molecule has 0 radical (unpaired) electrons. The zero-order chi connectivity index (χ0) is 15.4. The largest absolute Gasteiger partial charge is 0.297 e. The van der Waals surface area contributed by atoms with Crippen LogP contribution in [0.5, 0.6) is 0 Å². The summed E-state index contributed by atoms with van der Waals surface area (Å²) in [4.78, 5) is 0. The Balaban J connectivity index is 1.99. The number of hydrogen-bond donors (Lipinski definition) is 1. The minimum absolute atomic E-state index is 0.358. The van der Waals surface area contributed by atoms with Crippen LogP contribution >= 0.6 is 7.29 Å². The Morgan fingerprint density at radius 2 is 1.50 bits per heavy atom. The van der Waals surface area contributed by atoms with Crippen LogP contribution in [0.3, 0.4) is 0 Å². The maximum absolute atomic E-state index is 13.9. The molecule has 1 aliphatic rings. The molecule has 0 unspecified atom stereocenters. The third-order valence-corrected chi connectivity index (χ3v) is 7.52. The summed E-state index contributed by atoms with van der Waals surface area (Å²) < 4.78 is 13.9. The molecule has 0 aliphatic heterocycles. The molecule has 1 fully saturated rings. The minimum Gasteiger partial charge on any atom is -0.297 e. The van der Waals surface area contributed by atoms with Gasteiger partial charge in [0.25, 0.3) is 0 Å². The number of hydrogen-bond acceptors (Lipinski definition) is 1. The summed E-state index contributed by atoms with van der Waals surface area (Å²) in [6, 6.07) is 20.1. The second-order valence-electron chi connectivity index (χ2n) is 6.12. The molecule has 116 valence electrons. The van der Waals surface area contributed by atoms with Crippen LogP contribution in [-0.4, -0.2) is 6.04 Å². The van der Waals surface area contributed by atoms with Gasteiger partial charge in [-0.15, -0.1) is 0 Å². The summed E-state index contributed by atoms with van der Waals surface area (Å²) in [5, 5.41) is 5.39. The minimum atomic E-state index is -2.77. The van der Waals surface area contributed by atoms with E-state index in [1.165, 1.54) is 12.8 Å². The number of nitrogens with one attached hydrogen (secondary N) is 1. The second kappa shape index (κ2) is 6.81. The molecule has 0 spiro atoms. The molecular weight excluding hydrogens is 289 g/mol. The van der Waals surface area contributed by atoms with E-state index < -0.39 is 7.29 Å². The highest BCUT2D eigenvalue weighted by atomic mass is 31.2. The summed E-state index contributed by atoms with van der Waals surface area (Å²) in [5.41, 5.74) is 0.